The number of hydrogen-bond acceptors (Lipinski definition) is 6. The standard InChI is InChI=1S/C26H31N5O.C2H6/c1-5-25(18-27-6-2)31(13-8-14-32)30-20(4)19(3)22-9-7-10-23(15-22)26-28-16-24(17-29-26)21-11-12-21;1-2/h5,7-10,13-19,21H,6,11-12H2,1-4H3;1-2H3/b13-8-,25-5+,27-18?,30-20+;. The molecule has 1 aromatic heterocycles. The molecule has 6 nitrogen and oxygen atoms in total. The lowest BCUT2D eigenvalue weighted by molar-refractivity contribution is -0.104. The van der Waals surface area contributed by atoms with Crippen molar-refractivity contribution in [1.29, 1.82) is 0 Å². The van der Waals surface area contributed by atoms with Crippen LogP contribution in [0.1, 0.15) is 77.3 Å². The van der Waals surface area contributed by atoms with Gasteiger partial charge in [-0.3, -0.25) is 9.79 Å². The number of carbonyl (C=O) groups excluding carboxylic acids is 1. The van der Waals surface area contributed by atoms with Crippen LogP contribution in [0.4, 0.5) is 0 Å². The number of hydrogen-bond donors (Lipinski definition) is 0. The van der Waals surface area contributed by atoms with Crippen molar-refractivity contribution in [2.75, 3.05) is 6.54 Å². The van der Waals surface area contributed by atoms with E-state index in [9.17, 15) is 4.79 Å². The quantitative estimate of drug-likeness (QED) is 0.175. The number of rotatable bonds is 10. The van der Waals surface area contributed by atoms with E-state index in [0.29, 0.717) is 12.5 Å². The largest absolute Gasteiger partial charge is 0.299 e. The van der Waals surface area contributed by atoms with Gasteiger partial charge in [0.05, 0.1) is 5.70 Å². The average Bonchev–Trinajstić information content (AvgIpc) is 3.74. The highest BCUT2D eigenvalue weighted by molar-refractivity contribution is 5.89. The van der Waals surface area contributed by atoms with Crippen LogP contribution in [-0.4, -0.2) is 39.7 Å². The maximum Gasteiger partial charge on any atom is 0.159 e. The second kappa shape index (κ2) is 14.0. The van der Waals surface area contributed by atoms with Crippen LogP contribution in [-0.2, 0) is 4.79 Å². The van der Waals surface area contributed by atoms with Gasteiger partial charge in [0, 0.05) is 48.5 Å². The van der Waals surface area contributed by atoms with Gasteiger partial charge in [0.25, 0.3) is 0 Å². The van der Waals surface area contributed by atoms with Gasteiger partial charge < -0.3 is 0 Å². The molecule has 1 saturated carbocycles. The van der Waals surface area contributed by atoms with Crippen LogP contribution in [0.15, 0.2) is 70.8 Å². The molecule has 3 rings (SSSR count). The molecular weight excluding hydrogens is 422 g/mol. The highest BCUT2D eigenvalue weighted by Crippen LogP contribution is 2.39. The summed E-state index contributed by atoms with van der Waals surface area (Å²) in [5, 5.41) is 6.45. The molecule has 0 spiro atoms. The monoisotopic (exact) mass is 459 g/mol. The van der Waals surface area contributed by atoms with E-state index in [1.165, 1.54) is 24.5 Å². The van der Waals surface area contributed by atoms with E-state index < -0.39 is 0 Å². The summed E-state index contributed by atoms with van der Waals surface area (Å²) in [7, 11) is 0. The van der Waals surface area contributed by atoms with E-state index in [2.05, 4.69) is 34.0 Å². The normalized spacial score (nSPS) is 15.2. The first-order valence-electron chi connectivity index (χ1n) is 12.1. The van der Waals surface area contributed by atoms with Gasteiger partial charge >= 0.3 is 0 Å². The molecule has 0 amide bonds. The van der Waals surface area contributed by atoms with Crippen LogP contribution < -0.4 is 0 Å². The van der Waals surface area contributed by atoms with Crippen LogP contribution in [0.2, 0.25) is 0 Å². The maximum absolute atomic E-state index is 10.9. The van der Waals surface area contributed by atoms with Crippen molar-refractivity contribution in [2.24, 2.45) is 10.1 Å². The molecule has 180 valence electrons. The first kappa shape index (κ1) is 26.8. The zero-order valence-electron chi connectivity index (χ0n) is 21.3. The molecule has 1 aliphatic carbocycles. The highest BCUT2D eigenvalue weighted by atomic mass is 16.1. The molecule has 1 heterocycles. The number of nitrogens with zero attached hydrogens (tertiary/aromatic N) is 5. The van der Waals surface area contributed by atoms with E-state index in [4.69, 9.17) is 5.10 Å². The Kier molecular flexibility index (Phi) is 11.0. The Morgan fingerprint density at radius 3 is 2.53 bits per heavy atom. The number of aliphatic imine (C=N–C) groups is 1. The topological polar surface area (TPSA) is 70.8 Å². The smallest absolute Gasteiger partial charge is 0.159 e. The number of allylic oxidation sites excluding steroid dienone is 3. The Morgan fingerprint density at radius 2 is 1.94 bits per heavy atom. The lowest BCUT2D eigenvalue weighted by Gasteiger charge is -2.19. The summed E-state index contributed by atoms with van der Waals surface area (Å²) in [6.45, 7) is 12.7. The third kappa shape index (κ3) is 7.58. The summed E-state index contributed by atoms with van der Waals surface area (Å²) in [6.07, 6.45) is 13.9. The fourth-order valence-electron chi connectivity index (χ4n) is 3.30. The predicted octanol–water partition coefficient (Wildman–Crippen LogP) is 6.54. The fraction of sp³-hybridized carbons (Fsp3) is 0.393. The third-order valence-electron chi connectivity index (χ3n) is 5.53. The number of benzene rings is 1. The van der Waals surface area contributed by atoms with E-state index in [0.717, 1.165) is 34.6 Å². The van der Waals surface area contributed by atoms with E-state index in [-0.39, 0.29) is 5.92 Å². The second-order valence-corrected chi connectivity index (χ2v) is 7.87. The van der Waals surface area contributed by atoms with E-state index >= 15 is 0 Å². The molecule has 1 aromatic carbocycles. The van der Waals surface area contributed by atoms with Gasteiger partial charge in [-0.15, -0.1) is 0 Å². The first-order valence-corrected chi connectivity index (χ1v) is 12.1. The minimum Gasteiger partial charge on any atom is -0.299 e. The van der Waals surface area contributed by atoms with Crippen molar-refractivity contribution in [3.63, 3.8) is 0 Å². The molecule has 0 saturated heterocycles. The summed E-state index contributed by atoms with van der Waals surface area (Å²) in [6, 6.07) is 8.28. The van der Waals surface area contributed by atoms with Crippen LogP contribution in [0.3, 0.4) is 0 Å². The van der Waals surface area contributed by atoms with Gasteiger partial charge in [0.15, 0.2) is 5.82 Å². The van der Waals surface area contributed by atoms with Gasteiger partial charge in [-0.2, -0.15) is 5.10 Å². The van der Waals surface area contributed by atoms with Gasteiger partial charge in [0.2, 0.25) is 0 Å². The van der Waals surface area contributed by atoms with Crippen molar-refractivity contribution in [1.82, 2.24) is 15.0 Å². The van der Waals surface area contributed by atoms with Crippen LogP contribution in [0.5, 0.6) is 0 Å². The number of carbonyl (C=O) groups is 1. The lowest BCUT2D eigenvalue weighted by atomic mass is 9.95. The molecule has 0 radical (unpaired) electrons. The third-order valence-corrected chi connectivity index (χ3v) is 5.53. The van der Waals surface area contributed by atoms with Crippen LogP contribution >= 0.6 is 0 Å². The minimum atomic E-state index is 0.0639. The fourth-order valence-corrected chi connectivity index (χ4v) is 3.30. The molecule has 1 unspecified atom stereocenters. The maximum atomic E-state index is 10.9. The molecule has 34 heavy (non-hydrogen) atoms. The Balaban J connectivity index is 0.00000199. The van der Waals surface area contributed by atoms with E-state index in [1.54, 1.807) is 17.4 Å². The Hall–Kier alpha value is -3.41. The molecule has 1 atom stereocenters. The SMILES string of the molecule is C/C=C(\C=NCC)N(/C=C\C=O)/N=C(\C)C(C)c1cccc(-c2ncc(C3CC3)cn2)c1.CC. The Morgan fingerprint density at radius 1 is 1.24 bits per heavy atom. The zero-order chi connectivity index (χ0) is 24.9. The second-order valence-electron chi connectivity index (χ2n) is 7.87. The van der Waals surface area contributed by atoms with Gasteiger partial charge in [0.1, 0.15) is 6.29 Å². The highest BCUT2D eigenvalue weighted by Gasteiger charge is 2.24. The van der Waals surface area contributed by atoms with Gasteiger partial charge in [-0.05, 0) is 62.8 Å². The minimum absolute atomic E-state index is 0.0639. The zero-order valence-corrected chi connectivity index (χ0v) is 21.3. The Bertz CT molecular complexity index is 1030. The number of hydrazone groups is 1. The first-order chi connectivity index (χ1) is 16.6. The van der Waals surface area contributed by atoms with Crippen molar-refractivity contribution < 1.29 is 4.79 Å². The van der Waals surface area contributed by atoms with Gasteiger partial charge in [-0.25, -0.2) is 15.0 Å². The molecule has 2 aromatic rings. The van der Waals surface area contributed by atoms with Crippen molar-refractivity contribution >= 4 is 18.2 Å². The molecule has 6 heteroatoms. The van der Waals surface area contributed by atoms with Crippen molar-refractivity contribution in [3.8, 4) is 11.4 Å². The molecule has 1 aliphatic rings. The van der Waals surface area contributed by atoms with E-state index in [1.807, 2.05) is 65.2 Å². The molecule has 0 bridgehead atoms. The molecule has 1 fully saturated rings. The van der Waals surface area contributed by atoms with Crippen molar-refractivity contribution in [2.45, 2.75) is 66.2 Å². The summed E-state index contributed by atoms with van der Waals surface area (Å²) < 4.78 is 0. The average molecular weight is 460 g/mol. The summed E-state index contributed by atoms with van der Waals surface area (Å²) in [4.78, 5) is 24.4. The predicted molar refractivity (Wildman–Crippen MR) is 142 cm³/mol. The van der Waals surface area contributed by atoms with Crippen LogP contribution in [0.25, 0.3) is 11.4 Å². The molecular formula is C28H37N5O. The lowest BCUT2D eigenvalue weighted by Crippen LogP contribution is -2.16. The summed E-state index contributed by atoms with van der Waals surface area (Å²) >= 11 is 0. The summed E-state index contributed by atoms with van der Waals surface area (Å²) in [5.41, 5.74) is 5.06. The Labute approximate surface area is 204 Å². The van der Waals surface area contributed by atoms with Gasteiger partial charge in [-0.1, -0.05) is 45.0 Å². The summed E-state index contributed by atoms with van der Waals surface area (Å²) in [5.74, 6) is 1.45. The van der Waals surface area contributed by atoms with Crippen molar-refractivity contribution in [3.05, 3.63) is 71.8 Å². The molecule has 0 N–H and O–H groups in total. The van der Waals surface area contributed by atoms with Crippen LogP contribution in [0, 0.1) is 0 Å². The number of aldehydes is 1. The molecule has 0 aliphatic heterocycles. The number of aromatic nitrogens is 2.